The van der Waals surface area contributed by atoms with Crippen molar-refractivity contribution < 1.29 is 12.8 Å². The molecule has 3 rings (SSSR count). The Morgan fingerprint density at radius 1 is 1.33 bits per heavy atom. The second-order valence-electron chi connectivity index (χ2n) is 6.27. The monoisotopic (exact) mass is 351 g/mol. The van der Waals surface area contributed by atoms with Crippen molar-refractivity contribution in [1.82, 2.24) is 14.3 Å². The van der Waals surface area contributed by atoms with E-state index >= 15 is 0 Å². The standard InChI is InChI=1S/C17H22FN3O2S/c1-13-11-19-17(21(13)15-6-4-7-15)9-10-20-24(22,23)12-14-5-2-3-8-16(14)18/h2-3,5,8,11,15,20H,4,6-7,9-10,12H2,1H3. The van der Waals surface area contributed by atoms with Crippen LogP contribution in [0.2, 0.25) is 0 Å². The molecule has 0 bridgehead atoms. The number of halogens is 1. The first-order valence-electron chi connectivity index (χ1n) is 8.20. The van der Waals surface area contributed by atoms with Crippen LogP contribution in [0.3, 0.4) is 0 Å². The molecule has 0 atom stereocenters. The highest BCUT2D eigenvalue weighted by molar-refractivity contribution is 7.88. The van der Waals surface area contributed by atoms with Crippen LogP contribution in [0.15, 0.2) is 30.5 Å². The zero-order chi connectivity index (χ0) is 17.2. The van der Waals surface area contributed by atoms with Crippen LogP contribution in [0.25, 0.3) is 0 Å². The SMILES string of the molecule is Cc1cnc(CCNS(=O)(=O)Cc2ccccc2F)n1C1CCC1. The Kier molecular flexibility index (Phi) is 5.01. The molecule has 1 fully saturated rings. The molecule has 0 radical (unpaired) electrons. The summed E-state index contributed by atoms with van der Waals surface area (Å²) in [5, 5.41) is 0. The van der Waals surface area contributed by atoms with Crippen LogP contribution in [0.5, 0.6) is 0 Å². The van der Waals surface area contributed by atoms with E-state index in [1.54, 1.807) is 12.1 Å². The lowest BCUT2D eigenvalue weighted by molar-refractivity contribution is 0.302. The second-order valence-corrected chi connectivity index (χ2v) is 8.07. The van der Waals surface area contributed by atoms with Crippen LogP contribution in [0.4, 0.5) is 4.39 Å². The Hall–Kier alpha value is -1.73. The van der Waals surface area contributed by atoms with Gasteiger partial charge in [0.25, 0.3) is 0 Å². The van der Waals surface area contributed by atoms with Crippen molar-refractivity contribution in [2.24, 2.45) is 0 Å². The predicted octanol–water partition coefficient (Wildman–Crippen LogP) is 2.72. The molecule has 5 nitrogen and oxygen atoms in total. The molecule has 0 spiro atoms. The van der Waals surface area contributed by atoms with E-state index in [0.717, 1.165) is 24.4 Å². The van der Waals surface area contributed by atoms with Crippen LogP contribution < -0.4 is 4.72 Å². The van der Waals surface area contributed by atoms with E-state index in [0.29, 0.717) is 12.5 Å². The molecule has 1 heterocycles. The van der Waals surface area contributed by atoms with Gasteiger partial charge < -0.3 is 4.57 Å². The van der Waals surface area contributed by atoms with Crippen molar-refractivity contribution in [3.63, 3.8) is 0 Å². The summed E-state index contributed by atoms with van der Waals surface area (Å²) < 4.78 is 42.6. The number of nitrogens with one attached hydrogen (secondary N) is 1. The summed E-state index contributed by atoms with van der Waals surface area (Å²) in [5.74, 6) is 0.0558. The fourth-order valence-electron chi connectivity index (χ4n) is 3.01. The van der Waals surface area contributed by atoms with E-state index in [2.05, 4.69) is 14.3 Å². The maximum atomic E-state index is 13.6. The molecule has 1 aromatic carbocycles. The molecule has 1 aromatic heterocycles. The summed E-state index contributed by atoms with van der Waals surface area (Å²) in [7, 11) is -3.57. The summed E-state index contributed by atoms with van der Waals surface area (Å²) in [6, 6.07) is 6.43. The van der Waals surface area contributed by atoms with Gasteiger partial charge in [0.2, 0.25) is 10.0 Å². The maximum absolute atomic E-state index is 13.6. The van der Waals surface area contributed by atoms with E-state index in [1.165, 1.54) is 18.6 Å². The Balaban J connectivity index is 1.59. The molecule has 2 aromatic rings. The minimum atomic E-state index is -3.57. The molecule has 130 valence electrons. The zero-order valence-corrected chi connectivity index (χ0v) is 14.5. The third-order valence-electron chi connectivity index (χ3n) is 4.47. The normalized spacial score (nSPS) is 15.4. The summed E-state index contributed by atoms with van der Waals surface area (Å²) in [4.78, 5) is 4.40. The lowest BCUT2D eigenvalue weighted by Crippen LogP contribution is -2.29. The van der Waals surface area contributed by atoms with Gasteiger partial charge in [0.1, 0.15) is 11.6 Å². The van der Waals surface area contributed by atoms with Crippen molar-refractivity contribution in [3.8, 4) is 0 Å². The number of sulfonamides is 1. The largest absolute Gasteiger partial charge is 0.329 e. The van der Waals surface area contributed by atoms with Crippen molar-refractivity contribution in [1.29, 1.82) is 0 Å². The lowest BCUT2D eigenvalue weighted by atomic mass is 9.92. The minimum Gasteiger partial charge on any atom is -0.329 e. The maximum Gasteiger partial charge on any atom is 0.215 e. The van der Waals surface area contributed by atoms with Crippen LogP contribution >= 0.6 is 0 Å². The van der Waals surface area contributed by atoms with Crippen molar-refractivity contribution in [2.45, 2.75) is 44.4 Å². The van der Waals surface area contributed by atoms with Crippen molar-refractivity contribution in [2.75, 3.05) is 6.54 Å². The van der Waals surface area contributed by atoms with Gasteiger partial charge in [-0.25, -0.2) is 22.5 Å². The average molecular weight is 351 g/mol. The average Bonchev–Trinajstić information content (AvgIpc) is 2.81. The van der Waals surface area contributed by atoms with E-state index < -0.39 is 15.8 Å². The van der Waals surface area contributed by atoms with E-state index in [1.807, 2.05) is 13.1 Å². The summed E-state index contributed by atoms with van der Waals surface area (Å²) in [6.07, 6.45) is 5.91. The summed E-state index contributed by atoms with van der Waals surface area (Å²) in [5.41, 5.74) is 1.29. The Morgan fingerprint density at radius 3 is 2.75 bits per heavy atom. The van der Waals surface area contributed by atoms with E-state index in [-0.39, 0.29) is 17.9 Å². The highest BCUT2D eigenvalue weighted by Crippen LogP contribution is 2.33. The number of hydrogen-bond donors (Lipinski definition) is 1. The van der Waals surface area contributed by atoms with Crippen molar-refractivity contribution in [3.05, 3.63) is 53.4 Å². The van der Waals surface area contributed by atoms with Gasteiger partial charge in [0.05, 0.1) is 5.75 Å². The first-order valence-corrected chi connectivity index (χ1v) is 9.85. The predicted molar refractivity (Wildman–Crippen MR) is 90.6 cm³/mol. The van der Waals surface area contributed by atoms with Gasteiger partial charge in [-0.1, -0.05) is 18.2 Å². The highest BCUT2D eigenvalue weighted by atomic mass is 32.2. The van der Waals surface area contributed by atoms with Crippen LogP contribution in [-0.4, -0.2) is 24.5 Å². The summed E-state index contributed by atoms with van der Waals surface area (Å²) in [6.45, 7) is 2.29. The number of nitrogens with zero attached hydrogens (tertiary/aromatic N) is 2. The molecule has 0 amide bonds. The Bertz CT molecular complexity index is 813. The first-order chi connectivity index (χ1) is 11.5. The number of imidazole rings is 1. The summed E-state index contributed by atoms with van der Waals surface area (Å²) >= 11 is 0. The van der Waals surface area contributed by atoms with Gasteiger partial charge in [0, 0.05) is 36.5 Å². The molecule has 0 saturated heterocycles. The molecule has 0 unspecified atom stereocenters. The van der Waals surface area contributed by atoms with Gasteiger partial charge in [-0.15, -0.1) is 0 Å². The van der Waals surface area contributed by atoms with Gasteiger partial charge in [0.15, 0.2) is 0 Å². The molecule has 1 N–H and O–H groups in total. The number of benzene rings is 1. The van der Waals surface area contributed by atoms with Gasteiger partial charge in [-0.05, 0) is 32.3 Å². The Labute approximate surface area is 142 Å². The molecular weight excluding hydrogens is 329 g/mol. The number of aromatic nitrogens is 2. The third-order valence-corrected chi connectivity index (χ3v) is 5.81. The molecule has 7 heteroatoms. The number of rotatable bonds is 7. The zero-order valence-electron chi connectivity index (χ0n) is 13.7. The van der Waals surface area contributed by atoms with Crippen molar-refractivity contribution >= 4 is 10.0 Å². The fraction of sp³-hybridized carbons (Fsp3) is 0.471. The second kappa shape index (κ2) is 7.03. The molecular formula is C17H22FN3O2S. The van der Waals surface area contributed by atoms with Crippen LogP contribution in [0, 0.1) is 12.7 Å². The third kappa shape index (κ3) is 3.84. The number of aryl methyl sites for hydroxylation is 1. The van der Waals surface area contributed by atoms with Gasteiger partial charge in [-0.3, -0.25) is 0 Å². The highest BCUT2D eigenvalue weighted by Gasteiger charge is 2.23. The smallest absolute Gasteiger partial charge is 0.215 e. The first kappa shape index (κ1) is 17.1. The molecule has 0 aliphatic heterocycles. The quantitative estimate of drug-likeness (QED) is 0.834. The molecule has 24 heavy (non-hydrogen) atoms. The minimum absolute atomic E-state index is 0.178. The van der Waals surface area contributed by atoms with Gasteiger partial charge in [-0.2, -0.15) is 0 Å². The molecule has 1 saturated carbocycles. The van der Waals surface area contributed by atoms with E-state index in [4.69, 9.17) is 0 Å². The van der Waals surface area contributed by atoms with Crippen LogP contribution in [0.1, 0.15) is 42.4 Å². The van der Waals surface area contributed by atoms with Crippen LogP contribution in [-0.2, 0) is 22.2 Å². The topological polar surface area (TPSA) is 64.0 Å². The fourth-order valence-corrected chi connectivity index (χ4v) is 4.17. The molecule has 1 aliphatic rings. The Morgan fingerprint density at radius 2 is 2.08 bits per heavy atom. The van der Waals surface area contributed by atoms with Gasteiger partial charge >= 0.3 is 0 Å². The lowest BCUT2D eigenvalue weighted by Gasteiger charge is -2.29. The van der Waals surface area contributed by atoms with E-state index in [9.17, 15) is 12.8 Å². The molecule has 1 aliphatic carbocycles. The number of hydrogen-bond acceptors (Lipinski definition) is 3.